The van der Waals surface area contributed by atoms with Gasteiger partial charge in [-0.05, 0) is 6.42 Å². The van der Waals surface area contributed by atoms with Gasteiger partial charge in [0, 0.05) is 6.07 Å². The lowest BCUT2D eigenvalue weighted by atomic mass is 10.1. The van der Waals surface area contributed by atoms with Gasteiger partial charge in [-0.1, -0.05) is 6.92 Å². The van der Waals surface area contributed by atoms with Crippen LogP contribution in [0, 0.1) is 10.1 Å². The SMILES string of the molecule is CCCOc1cc(C(=O)O)c([N+](=O)[O-])cc1OC. The molecule has 1 aromatic carbocycles. The fraction of sp³-hybridized carbons (Fsp3) is 0.364. The minimum atomic E-state index is -1.38. The van der Waals surface area contributed by atoms with Crippen LogP contribution in [0.2, 0.25) is 0 Å². The lowest BCUT2D eigenvalue weighted by molar-refractivity contribution is -0.385. The summed E-state index contributed by atoms with van der Waals surface area (Å²) in [5.41, 5.74) is -0.949. The normalized spacial score (nSPS) is 9.89. The summed E-state index contributed by atoms with van der Waals surface area (Å²) < 4.78 is 10.2. The number of nitrogens with zero attached hydrogens (tertiary/aromatic N) is 1. The van der Waals surface area contributed by atoms with Crippen LogP contribution < -0.4 is 9.47 Å². The highest BCUT2D eigenvalue weighted by molar-refractivity contribution is 5.93. The monoisotopic (exact) mass is 255 g/mol. The number of rotatable bonds is 6. The molecule has 0 atom stereocenters. The van der Waals surface area contributed by atoms with Gasteiger partial charge in [0.25, 0.3) is 5.69 Å². The minimum Gasteiger partial charge on any atom is -0.493 e. The highest BCUT2D eigenvalue weighted by Gasteiger charge is 2.24. The van der Waals surface area contributed by atoms with Crippen LogP contribution in [0.5, 0.6) is 11.5 Å². The number of hydrogen-bond donors (Lipinski definition) is 1. The zero-order valence-corrected chi connectivity index (χ0v) is 10.0. The highest BCUT2D eigenvalue weighted by atomic mass is 16.6. The van der Waals surface area contributed by atoms with Crippen LogP contribution >= 0.6 is 0 Å². The molecule has 0 aliphatic rings. The van der Waals surface area contributed by atoms with E-state index >= 15 is 0 Å². The molecule has 7 heteroatoms. The number of nitro benzene ring substituents is 1. The van der Waals surface area contributed by atoms with E-state index in [9.17, 15) is 14.9 Å². The van der Waals surface area contributed by atoms with E-state index in [0.29, 0.717) is 6.61 Å². The summed E-state index contributed by atoms with van der Waals surface area (Å²) in [6.07, 6.45) is 0.725. The molecule has 0 radical (unpaired) electrons. The van der Waals surface area contributed by atoms with Gasteiger partial charge < -0.3 is 14.6 Å². The lowest BCUT2D eigenvalue weighted by Crippen LogP contribution is -2.05. The number of carbonyl (C=O) groups is 1. The third kappa shape index (κ3) is 2.88. The van der Waals surface area contributed by atoms with Gasteiger partial charge in [0.05, 0.1) is 24.7 Å². The summed E-state index contributed by atoms with van der Waals surface area (Å²) in [7, 11) is 1.33. The van der Waals surface area contributed by atoms with Crippen LogP contribution in [0.4, 0.5) is 5.69 Å². The van der Waals surface area contributed by atoms with Gasteiger partial charge in [0.15, 0.2) is 11.5 Å². The first kappa shape index (κ1) is 13.8. The van der Waals surface area contributed by atoms with Crippen molar-refractivity contribution in [1.29, 1.82) is 0 Å². The maximum atomic E-state index is 11.0. The Hall–Kier alpha value is -2.31. The molecule has 0 aromatic heterocycles. The smallest absolute Gasteiger partial charge is 0.342 e. The van der Waals surface area contributed by atoms with E-state index in [0.717, 1.165) is 18.6 Å². The molecule has 1 aromatic rings. The van der Waals surface area contributed by atoms with Gasteiger partial charge in [0.2, 0.25) is 0 Å². The molecule has 0 unspecified atom stereocenters. The van der Waals surface area contributed by atoms with Gasteiger partial charge in [0.1, 0.15) is 5.56 Å². The molecule has 1 rings (SSSR count). The van der Waals surface area contributed by atoms with E-state index in [4.69, 9.17) is 14.6 Å². The Morgan fingerprint density at radius 1 is 1.44 bits per heavy atom. The molecule has 0 aliphatic carbocycles. The first-order valence-electron chi connectivity index (χ1n) is 5.23. The molecular formula is C11H13NO6. The molecule has 98 valence electrons. The maximum absolute atomic E-state index is 11.0. The Labute approximate surface area is 103 Å². The van der Waals surface area contributed by atoms with Gasteiger partial charge in [-0.3, -0.25) is 10.1 Å². The summed E-state index contributed by atoms with van der Waals surface area (Å²) in [6, 6.07) is 2.16. The Bertz CT molecular complexity index is 471. The summed E-state index contributed by atoms with van der Waals surface area (Å²) in [5.74, 6) is -1.06. The topological polar surface area (TPSA) is 98.9 Å². The first-order chi connectivity index (χ1) is 8.51. The fourth-order valence-corrected chi connectivity index (χ4v) is 1.36. The van der Waals surface area contributed by atoms with Gasteiger partial charge >= 0.3 is 5.97 Å². The molecule has 1 N–H and O–H groups in total. The number of carboxylic acids is 1. The lowest BCUT2D eigenvalue weighted by Gasteiger charge is -2.10. The van der Waals surface area contributed by atoms with Crippen molar-refractivity contribution in [1.82, 2.24) is 0 Å². The van der Waals surface area contributed by atoms with Crippen molar-refractivity contribution in [3.05, 3.63) is 27.8 Å². The third-order valence-corrected chi connectivity index (χ3v) is 2.17. The Balaban J connectivity index is 3.31. The van der Waals surface area contributed by atoms with Crippen LogP contribution in [0.25, 0.3) is 0 Å². The zero-order valence-electron chi connectivity index (χ0n) is 10.0. The second kappa shape index (κ2) is 5.85. The summed E-state index contributed by atoms with van der Waals surface area (Å²) in [4.78, 5) is 20.9. The molecule has 0 fully saturated rings. The molecular weight excluding hydrogens is 242 g/mol. The van der Waals surface area contributed by atoms with Crippen LogP contribution in [0.1, 0.15) is 23.7 Å². The maximum Gasteiger partial charge on any atom is 0.342 e. The predicted octanol–water partition coefficient (Wildman–Crippen LogP) is 2.09. The van der Waals surface area contributed by atoms with E-state index in [2.05, 4.69) is 0 Å². The second-order valence-corrected chi connectivity index (χ2v) is 3.43. The molecule has 0 spiro atoms. The average Bonchev–Trinajstić information content (AvgIpc) is 2.34. The number of hydrogen-bond acceptors (Lipinski definition) is 5. The summed E-state index contributed by atoms with van der Waals surface area (Å²) in [6.45, 7) is 2.25. The van der Waals surface area contributed by atoms with Gasteiger partial charge in [-0.15, -0.1) is 0 Å². The standard InChI is InChI=1S/C11H13NO6/c1-3-4-18-10-5-7(11(13)14)8(12(15)16)6-9(10)17-2/h5-6H,3-4H2,1-2H3,(H,13,14). The zero-order chi connectivity index (χ0) is 13.7. The quantitative estimate of drug-likeness (QED) is 0.617. The highest BCUT2D eigenvalue weighted by Crippen LogP contribution is 2.34. The Kier molecular flexibility index (Phi) is 4.47. The molecule has 0 amide bonds. The van der Waals surface area contributed by atoms with Crippen LogP contribution in [0.3, 0.4) is 0 Å². The number of nitro groups is 1. The van der Waals surface area contributed by atoms with Crippen molar-refractivity contribution < 1.29 is 24.3 Å². The largest absolute Gasteiger partial charge is 0.493 e. The van der Waals surface area contributed by atoms with Crippen molar-refractivity contribution in [3.63, 3.8) is 0 Å². The molecule has 0 aliphatic heterocycles. The number of carboxylic acid groups (broad SMARTS) is 1. The summed E-state index contributed by atoms with van der Waals surface area (Å²) in [5, 5.41) is 19.7. The van der Waals surface area contributed by atoms with Crippen LogP contribution in [-0.2, 0) is 0 Å². The molecule has 0 saturated carbocycles. The van der Waals surface area contributed by atoms with E-state index in [1.54, 1.807) is 0 Å². The number of methoxy groups -OCH3 is 1. The van der Waals surface area contributed by atoms with Crippen molar-refractivity contribution in [2.24, 2.45) is 0 Å². The van der Waals surface area contributed by atoms with E-state index in [-0.39, 0.29) is 11.5 Å². The van der Waals surface area contributed by atoms with Crippen LogP contribution in [0.15, 0.2) is 12.1 Å². The number of benzene rings is 1. The number of ether oxygens (including phenoxy) is 2. The molecule has 7 nitrogen and oxygen atoms in total. The van der Waals surface area contributed by atoms with Crippen molar-refractivity contribution in [2.75, 3.05) is 13.7 Å². The third-order valence-electron chi connectivity index (χ3n) is 2.17. The molecule has 0 bridgehead atoms. The molecule has 0 saturated heterocycles. The molecule has 0 heterocycles. The Morgan fingerprint density at radius 2 is 2.11 bits per heavy atom. The van der Waals surface area contributed by atoms with Crippen LogP contribution in [-0.4, -0.2) is 29.7 Å². The van der Waals surface area contributed by atoms with Gasteiger partial charge in [-0.2, -0.15) is 0 Å². The predicted molar refractivity (Wildman–Crippen MR) is 62.4 cm³/mol. The van der Waals surface area contributed by atoms with E-state index in [1.165, 1.54) is 7.11 Å². The average molecular weight is 255 g/mol. The first-order valence-corrected chi connectivity index (χ1v) is 5.23. The summed E-state index contributed by atoms with van der Waals surface area (Å²) >= 11 is 0. The minimum absolute atomic E-state index is 0.139. The van der Waals surface area contributed by atoms with E-state index in [1.807, 2.05) is 6.92 Å². The Morgan fingerprint density at radius 3 is 2.56 bits per heavy atom. The van der Waals surface area contributed by atoms with E-state index < -0.39 is 22.1 Å². The number of aromatic carboxylic acids is 1. The molecule has 18 heavy (non-hydrogen) atoms. The van der Waals surface area contributed by atoms with Crippen molar-refractivity contribution >= 4 is 11.7 Å². The van der Waals surface area contributed by atoms with Gasteiger partial charge in [-0.25, -0.2) is 4.79 Å². The van der Waals surface area contributed by atoms with Crippen molar-refractivity contribution in [2.45, 2.75) is 13.3 Å². The second-order valence-electron chi connectivity index (χ2n) is 3.43. The fourth-order valence-electron chi connectivity index (χ4n) is 1.36. The van der Waals surface area contributed by atoms with Crippen molar-refractivity contribution in [3.8, 4) is 11.5 Å².